The van der Waals surface area contributed by atoms with E-state index in [4.69, 9.17) is 5.73 Å². The van der Waals surface area contributed by atoms with E-state index in [0.717, 1.165) is 19.2 Å². The van der Waals surface area contributed by atoms with E-state index in [1.54, 1.807) is 0 Å². The monoisotopic (exact) mass is 220 g/mol. The molecule has 1 aromatic heterocycles. The van der Waals surface area contributed by atoms with Crippen LogP contribution in [0.3, 0.4) is 0 Å². The predicted molar refractivity (Wildman–Crippen MR) is 45.0 cm³/mol. The Kier molecular flexibility index (Phi) is 2.83. The first-order valence-electron chi connectivity index (χ1n) is 3.78. The number of esters is 1. The number of nitrogens with zero attached hydrogens (tertiary/aromatic N) is 1. The molecule has 1 aromatic rings. The first kappa shape index (κ1) is 11.3. The topological polar surface area (TPSA) is 65.2 Å². The van der Waals surface area contributed by atoms with Crippen molar-refractivity contribution in [2.45, 2.75) is 6.18 Å². The first-order valence-corrected chi connectivity index (χ1v) is 3.78. The molecule has 82 valence electrons. The fourth-order valence-electron chi connectivity index (χ4n) is 0.915. The lowest BCUT2D eigenvalue weighted by Gasteiger charge is -2.09. The maximum atomic E-state index is 12.3. The smallest absolute Gasteiger partial charge is 0.435 e. The average molecular weight is 220 g/mol. The molecule has 0 aliphatic rings. The van der Waals surface area contributed by atoms with Gasteiger partial charge >= 0.3 is 12.1 Å². The highest BCUT2D eigenvalue weighted by atomic mass is 19.4. The van der Waals surface area contributed by atoms with Crippen LogP contribution < -0.4 is 5.73 Å². The number of carbonyl (C=O) groups is 1. The lowest BCUT2D eigenvalue weighted by Crippen LogP contribution is -2.15. The predicted octanol–water partition coefficient (Wildman–Crippen LogP) is 1.47. The van der Waals surface area contributed by atoms with Crippen molar-refractivity contribution >= 4 is 11.7 Å². The van der Waals surface area contributed by atoms with E-state index in [1.807, 2.05) is 0 Å². The minimum absolute atomic E-state index is 0.431. The van der Waals surface area contributed by atoms with Crippen molar-refractivity contribution in [2.75, 3.05) is 12.8 Å². The molecule has 0 unspecified atom stereocenters. The van der Waals surface area contributed by atoms with E-state index in [9.17, 15) is 18.0 Å². The molecule has 0 aromatic carbocycles. The molecule has 7 heteroatoms. The van der Waals surface area contributed by atoms with Crippen molar-refractivity contribution in [1.82, 2.24) is 4.98 Å². The highest BCUT2D eigenvalue weighted by Crippen LogP contribution is 2.31. The van der Waals surface area contributed by atoms with Gasteiger partial charge in [0, 0.05) is 0 Å². The van der Waals surface area contributed by atoms with Crippen molar-refractivity contribution in [3.8, 4) is 0 Å². The second-order valence-electron chi connectivity index (χ2n) is 2.62. The Balaban J connectivity index is 3.23. The van der Waals surface area contributed by atoms with Crippen LogP contribution in [0.2, 0.25) is 0 Å². The van der Waals surface area contributed by atoms with Gasteiger partial charge in [-0.1, -0.05) is 0 Å². The zero-order valence-electron chi connectivity index (χ0n) is 7.63. The average Bonchev–Trinajstić information content (AvgIpc) is 2.15. The third-order valence-corrected chi connectivity index (χ3v) is 1.59. The van der Waals surface area contributed by atoms with E-state index in [-0.39, 0.29) is 0 Å². The van der Waals surface area contributed by atoms with Crippen molar-refractivity contribution in [1.29, 1.82) is 0 Å². The summed E-state index contributed by atoms with van der Waals surface area (Å²) in [4.78, 5) is 14.0. The Bertz CT molecular complexity index is 390. The molecule has 15 heavy (non-hydrogen) atoms. The maximum Gasteiger partial charge on any atom is 0.435 e. The van der Waals surface area contributed by atoms with Gasteiger partial charge in [-0.2, -0.15) is 13.2 Å². The number of pyridine rings is 1. The Morgan fingerprint density at radius 1 is 1.47 bits per heavy atom. The SMILES string of the molecule is COC(=O)c1ccc(N)c(C(F)(F)F)n1. The molecule has 0 aliphatic carbocycles. The number of nitrogens with two attached hydrogens (primary N) is 1. The summed E-state index contributed by atoms with van der Waals surface area (Å²) < 4.78 is 41.1. The summed E-state index contributed by atoms with van der Waals surface area (Å²) in [5.41, 5.74) is 2.83. The van der Waals surface area contributed by atoms with Crippen molar-refractivity contribution < 1.29 is 22.7 Å². The van der Waals surface area contributed by atoms with Gasteiger partial charge in [-0.3, -0.25) is 0 Å². The molecule has 0 saturated heterocycles. The molecule has 0 bridgehead atoms. The molecule has 1 rings (SSSR count). The van der Waals surface area contributed by atoms with E-state index >= 15 is 0 Å². The van der Waals surface area contributed by atoms with Crippen LogP contribution in [-0.4, -0.2) is 18.1 Å². The van der Waals surface area contributed by atoms with Crippen LogP contribution in [0.25, 0.3) is 0 Å². The van der Waals surface area contributed by atoms with Crippen LogP contribution in [0, 0.1) is 0 Å². The van der Waals surface area contributed by atoms with Crippen molar-refractivity contribution in [2.24, 2.45) is 0 Å². The van der Waals surface area contributed by atoms with Gasteiger partial charge in [0.25, 0.3) is 0 Å². The Labute approximate surface area is 82.9 Å². The molecule has 0 amide bonds. The van der Waals surface area contributed by atoms with Gasteiger partial charge in [0.05, 0.1) is 12.8 Å². The number of alkyl halides is 3. The molecule has 0 radical (unpaired) electrons. The molecule has 0 saturated carbocycles. The number of carbonyl (C=O) groups excluding carboxylic acids is 1. The number of ether oxygens (including phenoxy) is 1. The maximum absolute atomic E-state index is 12.3. The fourth-order valence-corrected chi connectivity index (χ4v) is 0.915. The summed E-state index contributed by atoms with van der Waals surface area (Å²) in [6.45, 7) is 0. The number of aromatic nitrogens is 1. The van der Waals surface area contributed by atoms with Gasteiger partial charge < -0.3 is 10.5 Å². The summed E-state index contributed by atoms with van der Waals surface area (Å²) in [6.07, 6.45) is -4.69. The second kappa shape index (κ2) is 3.76. The third-order valence-electron chi connectivity index (χ3n) is 1.59. The third kappa shape index (κ3) is 2.36. The molecule has 2 N–H and O–H groups in total. The zero-order chi connectivity index (χ0) is 11.6. The molecule has 1 heterocycles. The minimum Gasteiger partial charge on any atom is -0.464 e. The van der Waals surface area contributed by atoms with Crippen molar-refractivity contribution in [3.63, 3.8) is 0 Å². The van der Waals surface area contributed by atoms with Crippen LogP contribution >= 0.6 is 0 Å². The van der Waals surface area contributed by atoms with Crippen LogP contribution in [0.4, 0.5) is 18.9 Å². The summed E-state index contributed by atoms with van der Waals surface area (Å²) in [6, 6.07) is 2.03. The van der Waals surface area contributed by atoms with Gasteiger partial charge in [-0.25, -0.2) is 9.78 Å². The van der Waals surface area contributed by atoms with Gasteiger partial charge in [0.1, 0.15) is 5.69 Å². The number of nitrogen functional groups attached to an aromatic ring is 1. The normalized spacial score (nSPS) is 11.2. The van der Waals surface area contributed by atoms with E-state index < -0.39 is 29.2 Å². The summed E-state index contributed by atoms with van der Waals surface area (Å²) in [5, 5.41) is 0. The molecule has 4 nitrogen and oxygen atoms in total. The fraction of sp³-hybridized carbons (Fsp3) is 0.250. The Morgan fingerprint density at radius 2 is 2.07 bits per heavy atom. The highest BCUT2D eigenvalue weighted by molar-refractivity contribution is 5.87. The van der Waals surface area contributed by atoms with E-state index in [2.05, 4.69) is 9.72 Å². The largest absolute Gasteiger partial charge is 0.464 e. The minimum atomic E-state index is -4.69. The van der Waals surface area contributed by atoms with E-state index in [1.165, 1.54) is 0 Å². The molecule has 0 spiro atoms. The molecule has 0 fully saturated rings. The number of halogens is 3. The van der Waals surface area contributed by atoms with Gasteiger partial charge in [-0.05, 0) is 12.1 Å². The van der Waals surface area contributed by atoms with Gasteiger partial charge in [-0.15, -0.1) is 0 Å². The van der Waals surface area contributed by atoms with Crippen molar-refractivity contribution in [3.05, 3.63) is 23.5 Å². The van der Waals surface area contributed by atoms with Crippen LogP contribution in [0.15, 0.2) is 12.1 Å². The number of methoxy groups -OCH3 is 1. The number of rotatable bonds is 1. The Hall–Kier alpha value is -1.79. The van der Waals surface area contributed by atoms with Crippen LogP contribution in [0.1, 0.15) is 16.2 Å². The number of anilines is 1. The highest BCUT2D eigenvalue weighted by Gasteiger charge is 2.35. The summed E-state index contributed by atoms with van der Waals surface area (Å²) in [5.74, 6) is -0.944. The van der Waals surface area contributed by atoms with Crippen LogP contribution in [0.5, 0.6) is 0 Å². The first-order chi connectivity index (χ1) is 6.86. The van der Waals surface area contributed by atoms with Gasteiger partial charge in [0.2, 0.25) is 0 Å². The van der Waals surface area contributed by atoms with Gasteiger partial charge in [0.15, 0.2) is 5.69 Å². The standard InChI is InChI=1S/C8H7F3N2O2/c1-15-7(14)5-3-2-4(12)6(13-5)8(9,10)11/h2-3H,12H2,1H3. The Morgan fingerprint density at radius 3 is 2.53 bits per heavy atom. The molecule has 0 aliphatic heterocycles. The quantitative estimate of drug-likeness (QED) is 0.728. The molecular weight excluding hydrogens is 213 g/mol. The molecule has 0 atom stereocenters. The second-order valence-corrected chi connectivity index (χ2v) is 2.62. The van der Waals surface area contributed by atoms with Crippen LogP contribution in [-0.2, 0) is 10.9 Å². The lowest BCUT2D eigenvalue weighted by atomic mass is 10.2. The zero-order valence-corrected chi connectivity index (χ0v) is 7.63. The molecular formula is C8H7F3N2O2. The van der Waals surface area contributed by atoms with E-state index in [0.29, 0.717) is 0 Å². The summed E-state index contributed by atoms with van der Waals surface area (Å²) >= 11 is 0. The number of hydrogen-bond acceptors (Lipinski definition) is 4. The summed E-state index contributed by atoms with van der Waals surface area (Å²) in [7, 11) is 1.05. The lowest BCUT2D eigenvalue weighted by molar-refractivity contribution is -0.140. The number of hydrogen-bond donors (Lipinski definition) is 1.